The number of aromatic nitrogens is 3. The van der Waals surface area contributed by atoms with Crippen LogP contribution in [0, 0.1) is 6.92 Å². The van der Waals surface area contributed by atoms with Crippen LogP contribution in [-0.4, -0.2) is 15.0 Å². The van der Waals surface area contributed by atoms with E-state index in [1.807, 2.05) is 25.1 Å². The molecule has 1 aliphatic carbocycles. The maximum atomic E-state index is 5.82. The van der Waals surface area contributed by atoms with E-state index >= 15 is 0 Å². The second-order valence-electron chi connectivity index (χ2n) is 4.53. The van der Waals surface area contributed by atoms with Crippen LogP contribution in [0.1, 0.15) is 30.0 Å². The van der Waals surface area contributed by atoms with Crippen LogP contribution in [0.3, 0.4) is 0 Å². The summed E-state index contributed by atoms with van der Waals surface area (Å²) in [4.78, 5) is 13.1. The van der Waals surface area contributed by atoms with E-state index in [4.69, 9.17) is 5.73 Å². The monoisotopic (exact) mass is 226 g/mol. The fourth-order valence-corrected chi connectivity index (χ4v) is 1.85. The first-order chi connectivity index (χ1) is 8.22. The van der Waals surface area contributed by atoms with E-state index in [1.165, 1.54) is 12.8 Å². The summed E-state index contributed by atoms with van der Waals surface area (Å²) in [6.07, 6.45) is 4.18. The van der Waals surface area contributed by atoms with Crippen molar-refractivity contribution in [3.8, 4) is 11.5 Å². The van der Waals surface area contributed by atoms with Crippen molar-refractivity contribution < 1.29 is 0 Å². The number of nitrogen functional groups attached to an aromatic ring is 1. The lowest BCUT2D eigenvalue weighted by molar-refractivity contribution is 0.991. The molecule has 4 nitrogen and oxygen atoms in total. The quantitative estimate of drug-likeness (QED) is 0.853. The Hall–Kier alpha value is -1.97. The van der Waals surface area contributed by atoms with E-state index in [1.54, 1.807) is 6.20 Å². The molecule has 3 rings (SSSR count). The number of aryl methyl sites for hydroxylation is 1. The average Bonchev–Trinajstić information content (AvgIpc) is 3.12. The van der Waals surface area contributed by atoms with Gasteiger partial charge in [-0.3, -0.25) is 4.98 Å². The highest BCUT2D eigenvalue weighted by Gasteiger charge is 2.26. The molecule has 1 aliphatic rings. The van der Waals surface area contributed by atoms with Crippen LogP contribution in [0.5, 0.6) is 0 Å². The molecule has 0 bridgehead atoms. The van der Waals surface area contributed by atoms with E-state index in [2.05, 4.69) is 15.0 Å². The lowest BCUT2D eigenvalue weighted by Gasteiger charge is -2.04. The normalized spacial score (nSPS) is 14.9. The van der Waals surface area contributed by atoms with E-state index in [0.29, 0.717) is 17.6 Å². The first-order valence-corrected chi connectivity index (χ1v) is 5.80. The summed E-state index contributed by atoms with van der Waals surface area (Å²) in [5, 5.41) is 0. The van der Waals surface area contributed by atoms with Gasteiger partial charge in [-0.05, 0) is 37.5 Å². The van der Waals surface area contributed by atoms with Crippen LogP contribution in [0.2, 0.25) is 0 Å². The topological polar surface area (TPSA) is 64.7 Å². The van der Waals surface area contributed by atoms with Gasteiger partial charge in [0, 0.05) is 23.9 Å². The minimum Gasteiger partial charge on any atom is -0.384 e. The lowest BCUT2D eigenvalue weighted by Crippen LogP contribution is -2.00. The van der Waals surface area contributed by atoms with Crippen molar-refractivity contribution in [1.29, 1.82) is 0 Å². The number of nitrogens with zero attached hydrogens (tertiary/aromatic N) is 3. The van der Waals surface area contributed by atoms with Crippen LogP contribution in [0.15, 0.2) is 24.4 Å². The number of rotatable bonds is 2. The van der Waals surface area contributed by atoms with E-state index in [-0.39, 0.29) is 0 Å². The highest BCUT2D eigenvalue weighted by Crippen LogP contribution is 2.39. The molecule has 86 valence electrons. The molecule has 0 spiro atoms. The molecule has 1 saturated carbocycles. The van der Waals surface area contributed by atoms with Gasteiger partial charge in [0.05, 0.1) is 0 Å². The molecule has 0 aliphatic heterocycles. The van der Waals surface area contributed by atoms with Crippen molar-refractivity contribution in [1.82, 2.24) is 15.0 Å². The molecule has 1 fully saturated rings. The van der Waals surface area contributed by atoms with E-state index in [0.717, 1.165) is 17.0 Å². The molecule has 17 heavy (non-hydrogen) atoms. The highest BCUT2D eigenvalue weighted by molar-refractivity contribution is 5.53. The average molecular weight is 226 g/mol. The summed E-state index contributed by atoms with van der Waals surface area (Å²) in [6.45, 7) is 2.03. The Morgan fingerprint density at radius 1 is 1.24 bits per heavy atom. The van der Waals surface area contributed by atoms with Crippen molar-refractivity contribution in [3.63, 3.8) is 0 Å². The maximum Gasteiger partial charge on any atom is 0.180 e. The Morgan fingerprint density at radius 2 is 2.06 bits per heavy atom. The third-order valence-corrected chi connectivity index (χ3v) is 2.91. The van der Waals surface area contributed by atoms with Gasteiger partial charge in [0.25, 0.3) is 0 Å². The van der Waals surface area contributed by atoms with Gasteiger partial charge >= 0.3 is 0 Å². The summed E-state index contributed by atoms with van der Waals surface area (Å²) in [6, 6.07) is 5.81. The standard InChI is InChI=1S/C13H14N4/c1-8-4-5-15-11(6-8)13-16-10(9-2-3-9)7-12(14)17-13/h4-7,9H,2-3H2,1H3,(H2,14,16,17). The molecule has 0 saturated heterocycles. The Labute approximate surface area is 99.9 Å². The first-order valence-electron chi connectivity index (χ1n) is 5.80. The molecule has 2 aromatic rings. The van der Waals surface area contributed by atoms with Gasteiger partial charge in [0.2, 0.25) is 0 Å². The predicted molar refractivity (Wildman–Crippen MR) is 66.4 cm³/mol. The third kappa shape index (κ3) is 2.11. The predicted octanol–water partition coefficient (Wildman–Crippen LogP) is 2.31. The Morgan fingerprint density at radius 3 is 2.76 bits per heavy atom. The van der Waals surface area contributed by atoms with Crippen LogP contribution in [0.25, 0.3) is 11.5 Å². The highest BCUT2D eigenvalue weighted by atomic mass is 15.0. The number of anilines is 1. The van der Waals surface area contributed by atoms with Crippen molar-refractivity contribution in [2.75, 3.05) is 5.73 Å². The summed E-state index contributed by atoms with van der Waals surface area (Å²) >= 11 is 0. The van der Waals surface area contributed by atoms with Crippen LogP contribution >= 0.6 is 0 Å². The Kier molecular flexibility index (Phi) is 2.28. The number of hydrogen-bond donors (Lipinski definition) is 1. The molecule has 0 atom stereocenters. The number of hydrogen-bond acceptors (Lipinski definition) is 4. The zero-order chi connectivity index (χ0) is 11.8. The first kappa shape index (κ1) is 10.2. The van der Waals surface area contributed by atoms with Gasteiger partial charge in [0.1, 0.15) is 11.5 Å². The van der Waals surface area contributed by atoms with Gasteiger partial charge in [0.15, 0.2) is 5.82 Å². The second-order valence-corrected chi connectivity index (χ2v) is 4.53. The molecular weight excluding hydrogens is 212 g/mol. The zero-order valence-electron chi connectivity index (χ0n) is 9.72. The van der Waals surface area contributed by atoms with Crippen molar-refractivity contribution >= 4 is 5.82 Å². The molecule has 4 heteroatoms. The molecule has 0 amide bonds. The molecule has 2 aromatic heterocycles. The van der Waals surface area contributed by atoms with Crippen LogP contribution < -0.4 is 5.73 Å². The molecule has 0 aromatic carbocycles. The van der Waals surface area contributed by atoms with Gasteiger partial charge in [-0.2, -0.15) is 0 Å². The summed E-state index contributed by atoms with van der Waals surface area (Å²) in [7, 11) is 0. The molecule has 0 unspecified atom stereocenters. The van der Waals surface area contributed by atoms with Gasteiger partial charge in [-0.15, -0.1) is 0 Å². The third-order valence-electron chi connectivity index (χ3n) is 2.91. The van der Waals surface area contributed by atoms with Crippen molar-refractivity contribution in [2.24, 2.45) is 0 Å². The Bertz CT molecular complexity index is 561. The van der Waals surface area contributed by atoms with Gasteiger partial charge in [-0.1, -0.05) is 0 Å². The lowest BCUT2D eigenvalue weighted by atomic mass is 10.2. The van der Waals surface area contributed by atoms with E-state index < -0.39 is 0 Å². The molecular formula is C13H14N4. The smallest absolute Gasteiger partial charge is 0.180 e. The number of pyridine rings is 1. The van der Waals surface area contributed by atoms with Gasteiger partial charge < -0.3 is 5.73 Å². The number of nitrogens with two attached hydrogens (primary N) is 1. The second kappa shape index (κ2) is 3.80. The molecule has 2 heterocycles. The summed E-state index contributed by atoms with van der Waals surface area (Å²) in [5.41, 5.74) is 8.81. The maximum absolute atomic E-state index is 5.82. The fourth-order valence-electron chi connectivity index (χ4n) is 1.85. The Balaban J connectivity index is 2.07. The minimum absolute atomic E-state index is 0.528. The summed E-state index contributed by atoms with van der Waals surface area (Å²) < 4.78 is 0. The van der Waals surface area contributed by atoms with Crippen LogP contribution in [-0.2, 0) is 0 Å². The largest absolute Gasteiger partial charge is 0.384 e. The van der Waals surface area contributed by atoms with Crippen molar-refractivity contribution in [3.05, 3.63) is 35.7 Å². The zero-order valence-corrected chi connectivity index (χ0v) is 9.72. The fraction of sp³-hybridized carbons (Fsp3) is 0.308. The van der Waals surface area contributed by atoms with E-state index in [9.17, 15) is 0 Å². The minimum atomic E-state index is 0.528. The van der Waals surface area contributed by atoms with Gasteiger partial charge in [-0.25, -0.2) is 9.97 Å². The molecule has 0 radical (unpaired) electrons. The molecule has 2 N–H and O–H groups in total. The van der Waals surface area contributed by atoms with Crippen LogP contribution in [0.4, 0.5) is 5.82 Å². The van der Waals surface area contributed by atoms with Crippen molar-refractivity contribution in [2.45, 2.75) is 25.7 Å². The SMILES string of the molecule is Cc1ccnc(-c2nc(N)cc(C3CC3)n2)c1. The summed E-state index contributed by atoms with van der Waals surface area (Å²) in [5.74, 6) is 1.74.